The molecule has 0 aliphatic carbocycles. The van der Waals surface area contributed by atoms with Crippen LogP contribution < -0.4 is 4.74 Å². The molecule has 0 radical (unpaired) electrons. The highest BCUT2D eigenvalue weighted by Crippen LogP contribution is 2.27. The van der Waals surface area contributed by atoms with Crippen LogP contribution in [-0.2, 0) is 6.61 Å². The van der Waals surface area contributed by atoms with Gasteiger partial charge in [0, 0.05) is 10.6 Å². The first-order valence-corrected chi connectivity index (χ1v) is 6.60. The average Bonchev–Trinajstić information content (AvgIpc) is 2.37. The van der Waals surface area contributed by atoms with E-state index in [-0.39, 0.29) is 0 Å². The summed E-state index contributed by atoms with van der Waals surface area (Å²) in [4.78, 5) is 0. The van der Waals surface area contributed by atoms with E-state index in [1.54, 1.807) is 6.92 Å². The molecule has 0 unspecified atom stereocenters. The van der Waals surface area contributed by atoms with E-state index in [1.165, 1.54) is 0 Å². The predicted molar refractivity (Wildman–Crippen MR) is 77.6 cm³/mol. The zero-order valence-corrected chi connectivity index (χ0v) is 11.8. The molecule has 0 aromatic heterocycles. The van der Waals surface area contributed by atoms with E-state index in [2.05, 4.69) is 0 Å². The van der Waals surface area contributed by atoms with Gasteiger partial charge in [0.15, 0.2) is 0 Å². The number of hydrogen-bond donors (Lipinski definition) is 1. The SMILES string of the molecule is Cc1ccc(OCc2cccc(Cl)c2)c([C@H](C)O)c1. The summed E-state index contributed by atoms with van der Waals surface area (Å²) in [5.41, 5.74) is 2.91. The molecule has 0 bridgehead atoms. The molecule has 0 aliphatic heterocycles. The Kier molecular flexibility index (Phi) is 4.46. The number of halogens is 1. The van der Waals surface area contributed by atoms with Gasteiger partial charge >= 0.3 is 0 Å². The van der Waals surface area contributed by atoms with Gasteiger partial charge < -0.3 is 9.84 Å². The summed E-state index contributed by atoms with van der Waals surface area (Å²) >= 11 is 5.93. The zero-order chi connectivity index (χ0) is 13.8. The van der Waals surface area contributed by atoms with E-state index in [4.69, 9.17) is 16.3 Å². The van der Waals surface area contributed by atoms with Gasteiger partial charge in [-0.15, -0.1) is 0 Å². The van der Waals surface area contributed by atoms with Gasteiger partial charge in [-0.2, -0.15) is 0 Å². The van der Waals surface area contributed by atoms with Crippen molar-refractivity contribution in [1.29, 1.82) is 0 Å². The fourth-order valence-corrected chi connectivity index (χ4v) is 2.13. The van der Waals surface area contributed by atoms with Gasteiger partial charge in [-0.05, 0) is 43.7 Å². The Morgan fingerprint density at radius 3 is 2.68 bits per heavy atom. The molecule has 0 saturated heterocycles. The van der Waals surface area contributed by atoms with Crippen molar-refractivity contribution in [2.45, 2.75) is 26.6 Å². The summed E-state index contributed by atoms with van der Waals surface area (Å²) in [6.07, 6.45) is -0.547. The molecular formula is C16H17ClO2. The number of aliphatic hydroxyl groups is 1. The Morgan fingerprint density at radius 2 is 2.00 bits per heavy atom. The molecule has 3 heteroatoms. The number of benzene rings is 2. The van der Waals surface area contributed by atoms with Gasteiger partial charge in [-0.3, -0.25) is 0 Å². The molecule has 19 heavy (non-hydrogen) atoms. The summed E-state index contributed by atoms with van der Waals surface area (Å²) in [6.45, 7) is 4.16. The highest BCUT2D eigenvalue weighted by atomic mass is 35.5. The molecule has 2 nitrogen and oxygen atoms in total. The lowest BCUT2D eigenvalue weighted by atomic mass is 10.1. The Balaban J connectivity index is 2.15. The molecule has 2 aromatic rings. The Labute approximate surface area is 118 Å². The molecule has 2 aromatic carbocycles. The summed E-state index contributed by atoms with van der Waals surface area (Å²) < 4.78 is 5.78. The smallest absolute Gasteiger partial charge is 0.125 e. The molecule has 0 saturated carbocycles. The zero-order valence-electron chi connectivity index (χ0n) is 11.1. The van der Waals surface area contributed by atoms with E-state index in [1.807, 2.05) is 49.4 Å². The first kappa shape index (κ1) is 13.9. The third-order valence-electron chi connectivity index (χ3n) is 2.90. The van der Waals surface area contributed by atoms with E-state index < -0.39 is 6.10 Å². The van der Waals surface area contributed by atoms with Crippen molar-refractivity contribution >= 4 is 11.6 Å². The number of ether oxygens (including phenoxy) is 1. The molecule has 0 aliphatic rings. The monoisotopic (exact) mass is 276 g/mol. The van der Waals surface area contributed by atoms with Crippen LogP contribution in [0.5, 0.6) is 5.75 Å². The predicted octanol–water partition coefficient (Wildman–Crippen LogP) is 4.28. The number of aryl methyl sites for hydroxylation is 1. The molecule has 0 amide bonds. The molecule has 2 rings (SSSR count). The van der Waals surface area contributed by atoms with Gasteiger partial charge in [-0.1, -0.05) is 35.4 Å². The van der Waals surface area contributed by atoms with Gasteiger partial charge in [0.05, 0.1) is 6.10 Å². The van der Waals surface area contributed by atoms with E-state index in [0.717, 1.165) is 16.7 Å². The Bertz CT molecular complexity index is 564. The topological polar surface area (TPSA) is 29.5 Å². The molecule has 0 fully saturated rings. The van der Waals surface area contributed by atoms with Crippen molar-refractivity contribution in [3.63, 3.8) is 0 Å². The van der Waals surface area contributed by atoms with Crippen LogP contribution in [0.25, 0.3) is 0 Å². The lowest BCUT2D eigenvalue weighted by Gasteiger charge is -2.14. The second kappa shape index (κ2) is 6.09. The molecule has 1 N–H and O–H groups in total. The summed E-state index contributed by atoms with van der Waals surface area (Å²) in [5, 5.41) is 10.5. The first-order valence-electron chi connectivity index (χ1n) is 6.22. The van der Waals surface area contributed by atoms with Crippen molar-refractivity contribution in [2.24, 2.45) is 0 Å². The maximum absolute atomic E-state index is 9.77. The van der Waals surface area contributed by atoms with Crippen molar-refractivity contribution < 1.29 is 9.84 Å². The number of rotatable bonds is 4. The molecule has 100 valence electrons. The van der Waals surface area contributed by atoms with Crippen LogP contribution in [0.2, 0.25) is 5.02 Å². The van der Waals surface area contributed by atoms with Gasteiger partial charge in [0.2, 0.25) is 0 Å². The van der Waals surface area contributed by atoms with Crippen molar-refractivity contribution in [1.82, 2.24) is 0 Å². The second-order valence-electron chi connectivity index (χ2n) is 4.64. The molecular weight excluding hydrogens is 260 g/mol. The largest absolute Gasteiger partial charge is 0.489 e. The van der Waals surface area contributed by atoms with Gasteiger partial charge in [-0.25, -0.2) is 0 Å². The highest BCUT2D eigenvalue weighted by molar-refractivity contribution is 6.30. The van der Waals surface area contributed by atoms with Crippen molar-refractivity contribution in [3.8, 4) is 5.75 Å². The molecule has 0 spiro atoms. The number of aliphatic hydroxyl groups excluding tert-OH is 1. The minimum atomic E-state index is -0.547. The average molecular weight is 277 g/mol. The standard InChI is InChI=1S/C16H17ClO2/c1-11-6-7-16(15(8-11)12(2)18)19-10-13-4-3-5-14(17)9-13/h3-9,12,18H,10H2,1-2H3/t12-/m0/s1. The quantitative estimate of drug-likeness (QED) is 0.903. The van der Waals surface area contributed by atoms with Crippen LogP contribution in [0.4, 0.5) is 0 Å². The maximum atomic E-state index is 9.77. The van der Waals surface area contributed by atoms with E-state index >= 15 is 0 Å². The fourth-order valence-electron chi connectivity index (χ4n) is 1.91. The van der Waals surface area contributed by atoms with Gasteiger partial charge in [0.1, 0.15) is 12.4 Å². The van der Waals surface area contributed by atoms with Crippen LogP contribution >= 0.6 is 11.6 Å². The summed E-state index contributed by atoms with van der Waals surface area (Å²) in [6, 6.07) is 13.4. The third-order valence-corrected chi connectivity index (χ3v) is 3.13. The minimum Gasteiger partial charge on any atom is -0.489 e. The fraction of sp³-hybridized carbons (Fsp3) is 0.250. The summed E-state index contributed by atoms with van der Waals surface area (Å²) in [5.74, 6) is 0.709. The van der Waals surface area contributed by atoms with Crippen molar-refractivity contribution in [2.75, 3.05) is 0 Å². The van der Waals surface area contributed by atoms with Crippen molar-refractivity contribution in [3.05, 3.63) is 64.2 Å². The lowest BCUT2D eigenvalue weighted by Crippen LogP contribution is -2.01. The molecule has 1 atom stereocenters. The van der Waals surface area contributed by atoms with Crippen LogP contribution in [0.1, 0.15) is 29.7 Å². The third kappa shape index (κ3) is 3.72. The molecule has 0 heterocycles. The summed E-state index contributed by atoms with van der Waals surface area (Å²) in [7, 11) is 0. The second-order valence-corrected chi connectivity index (χ2v) is 5.07. The van der Waals surface area contributed by atoms with E-state index in [0.29, 0.717) is 17.4 Å². The van der Waals surface area contributed by atoms with Crippen LogP contribution in [0.3, 0.4) is 0 Å². The Hall–Kier alpha value is -1.51. The van der Waals surface area contributed by atoms with Crippen LogP contribution in [0.15, 0.2) is 42.5 Å². The first-order chi connectivity index (χ1) is 9.06. The minimum absolute atomic E-state index is 0.434. The highest BCUT2D eigenvalue weighted by Gasteiger charge is 2.09. The van der Waals surface area contributed by atoms with Crippen LogP contribution in [0, 0.1) is 6.92 Å². The lowest BCUT2D eigenvalue weighted by molar-refractivity contribution is 0.190. The Morgan fingerprint density at radius 1 is 1.21 bits per heavy atom. The van der Waals surface area contributed by atoms with Crippen LogP contribution in [-0.4, -0.2) is 5.11 Å². The normalized spacial score (nSPS) is 12.2. The van der Waals surface area contributed by atoms with E-state index in [9.17, 15) is 5.11 Å². The maximum Gasteiger partial charge on any atom is 0.125 e. The number of hydrogen-bond acceptors (Lipinski definition) is 2. The van der Waals surface area contributed by atoms with Gasteiger partial charge in [0.25, 0.3) is 0 Å².